The number of carbonyl (C=O) groups excluding carboxylic acids is 1. The van der Waals surface area contributed by atoms with E-state index in [1.807, 2.05) is 0 Å². The van der Waals surface area contributed by atoms with Gasteiger partial charge in [0.1, 0.15) is 12.4 Å². The number of carboxylic acids is 2. The summed E-state index contributed by atoms with van der Waals surface area (Å²) in [6, 6.07) is 12.2. The molecular formula is C20H15FN3NaO4. The Bertz CT molecular complexity index is 996. The average molecular weight is 403 g/mol. The van der Waals surface area contributed by atoms with Crippen molar-refractivity contribution in [3.8, 4) is 23.6 Å². The Morgan fingerprint density at radius 1 is 1.10 bits per heavy atom. The fraction of sp³-hybridized carbons (Fsp3) is 0.100. The maximum absolute atomic E-state index is 12.1. The van der Waals surface area contributed by atoms with Crippen molar-refractivity contribution in [2.24, 2.45) is 0 Å². The molecule has 0 atom stereocenters. The molecule has 1 heterocycles. The van der Waals surface area contributed by atoms with Crippen LogP contribution >= 0.6 is 0 Å². The van der Waals surface area contributed by atoms with Crippen molar-refractivity contribution in [1.82, 2.24) is 15.0 Å². The zero-order valence-corrected chi connectivity index (χ0v) is 17.6. The molecule has 1 aromatic heterocycles. The van der Waals surface area contributed by atoms with Gasteiger partial charge in [0.2, 0.25) is 0 Å². The van der Waals surface area contributed by atoms with Crippen LogP contribution in [0.15, 0.2) is 54.7 Å². The first-order chi connectivity index (χ1) is 13.4. The van der Waals surface area contributed by atoms with Crippen molar-refractivity contribution in [1.29, 1.82) is 0 Å². The van der Waals surface area contributed by atoms with Gasteiger partial charge in [-0.1, -0.05) is 35.4 Å². The summed E-state index contributed by atoms with van der Waals surface area (Å²) in [5, 5.41) is 26.6. The predicted molar refractivity (Wildman–Crippen MR) is 97.1 cm³/mol. The summed E-state index contributed by atoms with van der Waals surface area (Å²) in [4.78, 5) is 20.9. The minimum Gasteiger partial charge on any atom is -0.545 e. The topological polar surface area (TPSA) is 108 Å². The standard InChI is InChI=1S/C11H10FN3O2.C9H6O2.Na/c12-5-6-15-7-10(13-14-15)8-1-3-9(4-2-8)11(16)17;1-2-7-3-5-8(6-4-7)9(10)11;/h1-4,7H,5-6H2,(H,16,17);1,3-6H,(H,10,11);/q;;+1/p-1. The van der Waals surface area contributed by atoms with E-state index in [0.717, 1.165) is 5.56 Å². The summed E-state index contributed by atoms with van der Waals surface area (Å²) < 4.78 is 13.5. The van der Waals surface area contributed by atoms with Gasteiger partial charge in [0.05, 0.1) is 24.3 Å². The molecule has 0 aliphatic heterocycles. The van der Waals surface area contributed by atoms with Gasteiger partial charge in [0.25, 0.3) is 0 Å². The van der Waals surface area contributed by atoms with Crippen LogP contribution in [0.2, 0.25) is 0 Å². The Hall–Kier alpha value is -2.99. The fourth-order valence-electron chi connectivity index (χ4n) is 2.11. The molecule has 0 amide bonds. The summed E-state index contributed by atoms with van der Waals surface area (Å²) in [6.45, 7) is -0.332. The monoisotopic (exact) mass is 403 g/mol. The van der Waals surface area contributed by atoms with Crippen LogP contribution in [0.25, 0.3) is 11.3 Å². The molecule has 142 valence electrons. The van der Waals surface area contributed by atoms with Gasteiger partial charge in [0.15, 0.2) is 0 Å². The largest absolute Gasteiger partial charge is 1.00 e. The normalized spacial score (nSPS) is 9.38. The number of carbonyl (C=O) groups is 2. The van der Waals surface area contributed by atoms with Gasteiger partial charge in [-0.3, -0.25) is 0 Å². The van der Waals surface area contributed by atoms with E-state index in [1.54, 1.807) is 30.5 Å². The summed E-state index contributed by atoms with van der Waals surface area (Å²) in [5.74, 6) is 0.219. The number of alkyl halides is 1. The fourth-order valence-corrected chi connectivity index (χ4v) is 2.11. The number of aromatic nitrogens is 3. The number of hydrogen-bond acceptors (Lipinski definition) is 5. The van der Waals surface area contributed by atoms with Crippen molar-refractivity contribution >= 4 is 11.9 Å². The average Bonchev–Trinajstić information content (AvgIpc) is 3.17. The van der Waals surface area contributed by atoms with Crippen molar-refractivity contribution in [3.05, 3.63) is 71.4 Å². The molecule has 0 unspecified atom stereocenters. The number of aromatic carboxylic acids is 2. The number of carboxylic acid groups (broad SMARTS) is 2. The SMILES string of the molecule is C#Cc1ccc(C(=O)[O-])cc1.O=C(O)c1ccc(-c2cn(CCF)nn2)cc1.[Na+]. The summed E-state index contributed by atoms with van der Waals surface area (Å²) in [7, 11) is 0. The molecule has 3 aromatic rings. The first kappa shape index (κ1) is 24.0. The van der Waals surface area contributed by atoms with Gasteiger partial charge >= 0.3 is 35.5 Å². The maximum atomic E-state index is 12.1. The van der Waals surface area contributed by atoms with E-state index in [0.29, 0.717) is 11.3 Å². The number of hydrogen-bond donors (Lipinski definition) is 1. The van der Waals surface area contributed by atoms with Crippen LogP contribution in [0, 0.1) is 12.3 Å². The van der Waals surface area contributed by atoms with E-state index in [1.165, 1.54) is 28.9 Å². The molecule has 3 rings (SSSR count). The molecule has 0 saturated heterocycles. The van der Waals surface area contributed by atoms with Crippen LogP contribution < -0.4 is 34.7 Å². The first-order valence-corrected chi connectivity index (χ1v) is 8.02. The predicted octanol–water partition coefficient (Wildman–Crippen LogP) is -1.35. The van der Waals surface area contributed by atoms with E-state index < -0.39 is 18.6 Å². The molecule has 0 aliphatic carbocycles. The molecule has 9 heteroatoms. The van der Waals surface area contributed by atoms with Gasteiger partial charge in [-0.2, -0.15) is 0 Å². The first-order valence-electron chi connectivity index (χ1n) is 8.02. The van der Waals surface area contributed by atoms with E-state index in [-0.39, 0.29) is 47.2 Å². The number of nitrogens with zero attached hydrogens (tertiary/aromatic N) is 3. The molecule has 0 spiro atoms. The van der Waals surface area contributed by atoms with Crippen LogP contribution in [-0.2, 0) is 6.54 Å². The van der Waals surface area contributed by atoms with Crippen molar-refractivity contribution in [3.63, 3.8) is 0 Å². The third kappa shape index (κ3) is 7.16. The Kier molecular flexibility index (Phi) is 9.75. The Morgan fingerprint density at radius 2 is 1.69 bits per heavy atom. The van der Waals surface area contributed by atoms with E-state index >= 15 is 0 Å². The third-order valence-electron chi connectivity index (χ3n) is 3.57. The summed E-state index contributed by atoms with van der Waals surface area (Å²) >= 11 is 0. The van der Waals surface area contributed by atoms with Gasteiger partial charge in [-0.15, -0.1) is 11.5 Å². The number of aryl methyl sites for hydroxylation is 1. The molecule has 0 saturated carbocycles. The Balaban J connectivity index is 0.000000306. The molecule has 0 bridgehead atoms. The van der Waals surface area contributed by atoms with Crippen molar-refractivity contribution in [2.75, 3.05) is 6.67 Å². The molecule has 29 heavy (non-hydrogen) atoms. The molecule has 2 aromatic carbocycles. The van der Waals surface area contributed by atoms with E-state index in [2.05, 4.69) is 16.2 Å². The molecular weight excluding hydrogens is 388 g/mol. The van der Waals surface area contributed by atoms with Gasteiger partial charge in [0, 0.05) is 11.1 Å². The van der Waals surface area contributed by atoms with Crippen molar-refractivity contribution in [2.45, 2.75) is 6.54 Å². The van der Waals surface area contributed by atoms with Gasteiger partial charge in [-0.25, -0.2) is 13.9 Å². The number of halogens is 1. The zero-order chi connectivity index (χ0) is 20.5. The van der Waals surface area contributed by atoms with Crippen LogP contribution in [0.4, 0.5) is 4.39 Å². The molecule has 0 fully saturated rings. The minimum atomic E-state index is -1.19. The second kappa shape index (κ2) is 11.8. The Labute approximate surface area is 188 Å². The van der Waals surface area contributed by atoms with Crippen molar-refractivity contribution < 1.29 is 53.7 Å². The summed E-state index contributed by atoms with van der Waals surface area (Å²) in [5.41, 5.74) is 2.36. The van der Waals surface area contributed by atoms with Crippen LogP contribution in [0.3, 0.4) is 0 Å². The van der Waals surface area contributed by atoms with Gasteiger partial charge in [-0.05, 0) is 29.8 Å². The summed E-state index contributed by atoms with van der Waals surface area (Å²) in [6.07, 6.45) is 6.68. The second-order valence-electron chi connectivity index (χ2n) is 5.45. The van der Waals surface area contributed by atoms with Gasteiger partial charge < -0.3 is 15.0 Å². The Morgan fingerprint density at radius 3 is 2.17 bits per heavy atom. The zero-order valence-electron chi connectivity index (χ0n) is 15.6. The quantitative estimate of drug-likeness (QED) is 0.417. The molecule has 7 nitrogen and oxygen atoms in total. The smallest absolute Gasteiger partial charge is 0.545 e. The number of terminal acetylenes is 1. The van der Waals surface area contributed by atoms with Crippen LogP contribution in [0.1, 0.15) is 26.3 Å². The second-order valence-corrected chi connectivity index (χ2v) is 5.45. The molecule has 0 aliphatic rings. The van der Waals surface area contributed by atoms with E-state index in [4.69, 9.17) is 11.5 Å². The van der Waals surface area contributed by atoms with Crippen LogP contribution in [-0.4, -0.2) is 38.7 Å². The number of rotatable bonds is 5. The number of benzene rings is 2. The van der Waals surface area contributed by atoms with Crippen LogP contribution in [0.5, 0.6) is 0 Å². The van der Waals surface area contributed by atoms with E-state index in [9.17, 15) is 19.1 Å². The molecule has 1 N–H and O–H groups in total. The third-order valence-corrected chi connectivity index (χ3v) is 3.57. The maximum Gasteiger partial charge on any atom is 1.00 e. The minimum absolute atomic E-state index is 0. The molecule has 0 radical (unpaired) electrons.